The molecule has 4 aromatic rings. The molecule has 0 saturated heterocycles. The second-order valence-electron chi connectivity index (χ2n) is 6.62. The minimum Gasteiger partial charge on any atom is -0.494 e. The summed E-state index contributed by atoms with van der Waals surface area (Å²) in [5, 5.41) is 5.47. The van der Waals surface area contributed by atoms with Crippen LogP contribution in [0.4, 0.5) is 11.6 Å². The van der Waals surface area contributed by atoms with Crippen LogP contribution in [0.25, 0.3) is 16.6 Å². The first-order chi connectivity index (χ1) is 13.2. The van der Waals surface area contributed by atoms with Crippen LogP contribution in [-0.4, -0.2) is 38.2 Å². The second-order valence-corrected chi connectivity index (χ2v) is 6.62. The van der Waals surface area contributed by atoms with Gasteiger partial charge in [0.15, 0.2) is 11.5 Å². The van der Waals surface area contributed by atoms with Crippen molar-refractivity contribution in [2.45, 2.75) is 19.4 Å². The van der Waals surface area contributed by atoms with Crippen LogP contribution < -0.4 is 15.4 Å². The Kier molecular flexibility index (Phi) is 3.56. The first-order valence-electron chi connectivity index (χ1n) is 8.90. The van der Waals surface area contributed by atoms with E-state index in [1.54, 1.807) is 11.6 Å². The van der Waals surface area contributed by atoms with E-state index in [2.05, 4.69) is 26.0 Å². The van der Waals surface area contributed by atoms with Crippen molar-refractivity contribution in [3.05, 3.63) is 48.0 Å². The van der Waals surface area contributed by atoms with Crippen LogP contribution in [0.2, 0.25) is 0 Å². The molecule has 1 aliphatic rings. The zero-order chi connectivity index (χ0) is 18.4. The number of para-hydroxylation sites is 1. The van der Waals surface area contributed by atoms with E-state index in [9.17, 15) is 0 Å². The normalized spacial score (nSPS) is 13.9. The standard InChI is InChI=1S/C19H19N7O/c1-27-15-6-2-5-13-17(15)23-19(20)26-18(13)22-16(24-26)11-25-9-3-4-12-10-21-8-7-14(12)25/h2,5-8,10H,3-4,9,11H2,1H3,(H2,20,23). The van der Waals surface area contributed by atoms with E-state index in [4.69, 9.17) is 15.5 Å². The molecule has 5 rings (SSSR count). The molecule has 0 atom stereocenters. The van der Waals surface area contributed by atoms with Crippen molar-refractivity contribution in [3.8, 4) is 5.75 Å². The zero-order valence-electron chi connectivity index (χ0n) is 15.0. The molecule has 0 saturated carbocycles. The van der Waals surface area contributed by atoms with Crippen molar-refractivity contribution >= 4 is 28.2 Å². The molecule has 8 nitrogen and oxygen atoms in total. The molecule has 1 aromatic carbocycles. The third-order valence-corrected chi connectivity index (χ3v) is 4.98. The van der Waals surface area contributed by atoms with Gasteiger partial charge in [0.05, 0.1) is 13.7 Å². The first kappa shape index (κ1) is 15.8. The number of hydrogen-bond donors (Lipinski definition) is 1. The Balaban J connectivity index is 1.60. The highest BCUT2D eigenvalue weighted by Gasteiger charge is 2.20. The van der Waals surface area contributed by atoms with Crippen LogP contribution in [0, 0.1) is 0 Å². The Morgan fingerprint density at radius 2 is 2.15 bits per heavy atom. The fraction of sp³-hybridized carbons (Fsp3) is 0.263. The summed E-state index contributed by atoms with van der Waals surface area (Å²) in [4.78, 5) is 15.8. The lowest BCUT2D eigenvalue weighted by molar-refractivity contribution is 0.419. The van der Waals surface area contributed by atoms with E-state index in [1.165, 1.54) is 11.3 Å². The van der Waals surface area contributed by atoms with Gasteiger partial charge < -0.3 is 15.4 Å². The van der Waals surface area contributed by atoms with Gasteiger partial charge in [0, 0.05) is 30.0 Å². The minimum absolute atomic E-state index is 0.295. The van der Waals surface area contributed by atoms with Gasteiger partial charge in [0.2, 0.25) is 5.95 Å². The highest BCUT2D eigenvalue weighted by Crippen LogP contribution is 2.29. The molecule has 0 bridgehead atoms. The SMILES string of the molecule is COc1cccc2c1nc(N)n1nc(CN3CCCc4cnccc43)nc21. The van der Waals surface area contributed by atoms with Crippen molar-refractivity contribution < 1.29 is 4.74 Å². The van der Waals surface area contributed by atoms with Crippen molar-refractivity contribution in [2.24, 2.45) is 0 Å². The predicted octanol–water partition coefficient (Wildman–Crippen LogP) is 2.22. The Hall–Kier alpha value is -3.42. The topological polar surface area (TPSA) is 94.5 Å². The molecule has 136 valence electrons. The average Bonchev–Trinajstić information content (AvgIpc) is 3.13. The number of nitrogens with two attached hydrogens (primary N) is 1. The number of anilines is 2. The van der Waals surface area contributed by atoms with E-state index >= 15 is 0 Å². The molecule has 4 heterocycles. The molecule has 0 radical (unpaired) electrons. The van der Waals surface area contributed by atoms with Gasteiger partial charge in [0.25, 0.3) is 0 Å². The number of fused-ring (bicyclic) bond motifs is 4. The number of pyridine rings is 1. The van der Waals surface area contributed by atoms with Crippen molar-refractivity contribution in [2.75, 3.05) is 24.3 Å². The number of rotatable bonds is 3. The van der Waals surface area contributed by atoms with Gasteiger partial charge in [-0.25, -0.2) is 9.97 Å². The molecular formula is C19H19N7O. The van der Waals surface area contributed by atoms with E-state index in [-0.39, 0.29) is 0 Å². The lowest BCUT2D eigenvalue weighted by Crippen LogP contribution is -2.29. The number of aromatic nitrogens is 5. The summed E-state index contributed by atoms with van der Waals surface area (Å²) in [6.07, 6.45) is 5.92. The second kappa shape index (κ2) is 6.08. The van der Waals surface area contributed by atoms with E-state index < -0.39 is 0 Å². The summed E-state index contributed by atoms with van der Waals surface area (Å²) in [6, 6.07) is 7.79. The lowest BCUT2D eigenvalue weighted by Gasteiger charge is -2.29. The minimum atomic E-state index is 0.295. The lowest BCUT2D eigenvalue weighted by atomic mass is 10.0. The van der Waals surface area contributed by atoms with Crippen molar-refractivity contribution in [1.29, 1.82) is 0 Å². The first-order valence-corrected chi connectivity index (χ1v) is 8.90. The van der Waals surface area contributed by atoms with Gasteiger partial charge in [-0.15, -0.1) is 5.10 Å². The third-order valence-electron chi connectivity index (χ3n) is 4.98. The average molecular weight is 361 g/mol. The fourth-order valence-corrected chi connectivity index (χ4v) is 3.74. The van der Waals surface area contributed by atoms with E-state index in [0.29, 0.717) is 35.2 Å². The van der Waals surface area contributed by atoms with Crippen LogP contribution in [0.5, 0.6) is 5.75 Å². The number of benzene rings is 1. The number of ether oxygens (including phenoxy) is 1. The molecule has 3 aromatic heterocycles. The summed E-state index contributed by atoms with van der Waals surface area (Å²) < 4.78 is 7.01. The number of methoxy groups -OCH3 is 1. The molecule has 27 heavy (non-hydrogen) atoms. The molecule has 0 fully saturated rings. The van der Waals surface area contributed by atoms with E-state index in [0.717, 1.165) is 24.8 Å². The third kappa shape index (κ3) is 2.52. The molecule has 0 amide bonds. The smallest absolute Gasteiger partial charge is 0.223 e. The van der Waals surface area contributed by atoms with Gasteiger partial charge in [-0.05, 0) is 36.6 Å². The van der Waals surface area contributed by atoms with Gasteiger partial charge >= 0.3 is 0 Å². The summed E-state index contributed by atoms with van der Waals surface area (Å²) >= 11 is 0. The zero-order valence-corrected chi connectivity index (χ0v) is 15.0. The number of nitrogens with zero attached hydrogens (tertiary/aromatic N) is 6. The maximum Gasteiger partial charge on any atom is 0.223 e. The summed E-state index contributed by atoms with van der Waals surface area (Å²) in [5.74, 6) is 1.68. The number of aryl methyl sites for hydroxylation is 1. The fourth-order valence-electron chi connectivity index (χ4n) is 3.74. The molecule has 0 aliphatic carbocycles. The Morgan fingerprint density at radius 3 is 3.04 bits per heavy atom. The monoisotopic (exact) mass is 361 g/mol. The van der Waals surface area contributed by atoms with Crippen LogP contribution in [-0.2, 0) is 13.0 Å². The highest BCUT2D eigenvalue weighted by molar-refractivity contribution is 5.95. The number of hydrogen-bond acceptors (Lipinski definition) is 7. The van der Waals surface area contributed by atoms with Gasteiger partial charge in [-0.2, -0.15) is 4.52 Å². The molecular weight excluding hydrogens is 342 g/mol. The van der Waals surface area contributed by atoms with Crippen LogP contribution in [0.1, 0.15) is 17.8 Å². The van der Waals surface area contributed by atoms with Crippen LogP contribution in [0.15, 0.2) is 36.7 Å². The van der Waals surface area contributed by atoms with Crippen molar-refractivity contribution in [3.63, 3.8) is 0 Å². The van der Waals surface area contributed by atoms with Gasteiger partial charge in [0.1, 0.15) is 11.3 Å². The van der Waals surface area contributed by atoms with E-state index in [1.807, 2.05) is 30.6 Å². The Labute approximate surface area is 155 Å². The molecule has 8 heteroatoms. The Bertz CT molecular complexity index is 1150. The van der Waals surface area contributed by atoms with Gasteiger partial charge in [-0.1, -0.05) is 6.07 Å². The molecule has 2 N–H and O–H groups in total. The summed E-state index contributed by atoms with van der Waals surface area (Å²) in [5.41, 5.74) is 10.00. The van der Waals surface area contributed by atoms with Crippen LogP contribution in [0.3, 0.4) is 0 Å². The summed E-state index contributed by atoms with van der Waals surface area (Å²) in [6.45, 7) is 1.58. The highest BCUT2D eigenvalue weighted by atomic mass is 16.5. The predicted molar refractivity (Wildman–Crippen MR) is 103 cm³/mol. The molecule has 0 unspecified atom stereocenters. The maximum atomic E-state index is 6.14. The Morgan fingerprint density at radius 1 is 1.22 bits per heavy atom. The quantitative estimate of drug-likeness (QED) is 0.598. The maximum absolute atomic E-state index is 6.14. The molecule has 0 spiro atoms. The summed E-state index contributed by atoms with van der Waals surface area (Å²) in [7, 11) is 1.62. The van der Waals surface area contributed by atoms with Crippen LogP contribution >= 0.6 is 0 Å². The largest absolute Gasteiger partial charge is 0.494 e. The molecule has 1 aliphatic heterocycles. The van der Waals surface area contributed by atoms with Crippen molar-refractivity contribution in [1.82, 2.24) is 24.6 Å². The number of nitrogen functional groups attached to an aromatic ring is 1. The van der Waals surface area contributed by atoms with Gasteiger partial charge in [-0.3, -0.25) is 4.98 Å².